The summed E-state index contributed by atoms with van der Waals surface area (Å²) in [6.45, 7) is -0.208. The van der Waals surface area contributed by atoms with Crippen molar-refractivity contribution in [3.05, 3.63) is 64.6 Å². The number of hydrogen-bond acceptors (Lipinski definition) is 3. The first-order chi connectivity index (χ1) is 10.1. The molecular formula is C15H14BrN3O2. The van der Waals surface area contributed by atoms with E-state index >= 15 is 0 Å². The van der Waals surface area contributed by atoms with Crippen molar-refractivity contribution in [3.8, 4) is 0 Å². The molecule has 0 saturated heterocycles. The number of hydrogen-bond donors (Lipinski definition) is 2. The Morgan fingerprint density at radius 2 is 1.95 bits per heavy atom. The minimum atomic E-state index is -0.308. The zero-order valence-electron chi connectivity index (χ0n) is 11.1. The number of rotatable bonds is 5. The lowest BCUT2D eigenvalue weighted by molar-refractivity contribution is -0.120. The number of amidine groups is 1. The van der Waals surface area contributed by atoms with E-state index in [1.165, 1.54) is 0 Å². The maximum absolute atomic E-state index is 11.7. The smallest absolute Gasteiger partial charge is 0.265 e. The Morgan fingerprint density at radius 3 is 2.67 bits per heavy atom. The van der Waals surface area contributed by atoms with Gasteiger partial charge in [-0.05, 0) is 18.2 Å². The van der Waals surface area contributed by atoms with Gasteiger partial charge < -0.3 is 15.9 Å². The second kappa shape index (κ2) is 7.44. The molecule has 21 heavy (non-hydrogen) atoms. The maximum Gasteiger partial charge on any atom is 0.265 e. The fourth-order valence-electron chi connectivity index (χ4n) is 1.59. The molecule has 2 aromatic carbocycles. The van der Waals surface area contributed by atoms with E-state index < -0.39 is 0 Å². The molecule has 0 aliphatic carbocycles. The third-order valence-electron chi connectivity index (χ3n) is 2.54. The number of oxime groups is 1. The first kappa shape index (κ1) is 15.1. The molecular weight excluding hydrogens is 334 g/mol. The zero-order valence-corrected chi connectivity index (χ0v) is 12.7. The average Bonchev–Trinajstić information content (AvgIpc) is 2.48. The number of carbonyl (C=O) groups is 1. The Balaban J connectivity index is 1.84. The van der Waals surface area contributed by atoms with Crippen molar-refractivity contribution in [2.45, 2.75) is 0 Å². The van der Waals surface area contributed by atoms with Crippen LogP contribution in [0.3, 0.4) is 0 Å². The molecule has 0 radical (unpaired) electrons. The Bertz CT molecular complexity index is 644. The summed E-state index contributed by atoms with van der Waals surface area (Å²) in [4.78, 5) is 16.6. The van der Waals surface area contributed by atoms with E-state index in [0.717, 1.165) is 10.0 Å². The Morgan fingerprint density at radius 1 is 1.19 bits per heavy atom. The van der Waals surface area contributed by atoms with E-state index in [2.05, 4.69) is 26.4 Å². The molecule has 3 N–H and O–H groups in total. The van der Waals surface area contributed by atoms with Gasteiger partial charge in [0.25, 0.3) is 5.91 Å². The highest BCUT2D eigenvalue weighted by Crippen LogP contribution is 2.15. The van der Waals surface area contributed by atoms with E-state index in [9.17, 15) is 4.79 Å². The van der Waals surface area contributed by atoms with E-state index in [1.807, 2.05) is 42.5 Å². The number of benzene rings is 2. The molecule has 2 aromatic rings. The van der Waals surface area contributed by atoms with Gasteiger partial charge >= 0.3 is 0 Å². The van der Waals surface area contributed by atoms with E-state index in [0.29, 0.717) is 5.69 Å². The molecule has 108 valence electrons. The average molecular weight is 348 g/mol. The molecule has 6 heteroatoms. The summed E-state index contributed by atoms with van der Waals surface area (Å²) < 4.78 is 0.882. The van der Waals surface area contributed by atoms with E-state index in [4.69, 9.17) is 10.6 Å². The van der Waals surface area contributed by atoms with Crippen LogP contribution < -0.4 is 11.1 Å². The zero-order chi connectivity index (χ0) is 15.1. The van der Waals surface area contributed by atoms with Gasteiger partial charge in [0.05, 0.1) is 0 Å². The fraction of sp³-hybridized carbons (Fsp3) is 0.0667. The van der Waals surface area contributed by atoms with E-state index in [-0.39, 0.29) is 18.3 Å². The lowest BCUT2D eigenvalue weighted by Gasteiger charge is -2.05. The van der Waals surface area contributed by atoms with Crippen molar-refractivity contribution in [2.24, 2.45) is 10.9 Å². The van der Waals surface area contributed by atoms with Gasteiger partial charge in [-0.1, -0.05) is 57.5 Å². The first-order valence-electron chi connectivity index (χ1n) is 6.21. The third kappa shape index (κ3) is 4.92. The van der Waals surface area contributed by atoms with E-state index in [1.54, 1.807) is 12.1 Å². The molecule has 0 heterocycles. The van der Waals surface area contributed by atoms with Crippen LogP contribution in [0.2, 0.25) is 0 Å². The molecule has 5 nitrogen and oxygen atoms in total. The predicted octanol–water partition coefficient (Wildman–Crippen LogP) is 2.72. The summed E-state index contributed by atoms with van der Waals surface area (Å²) in [6.07, 6.45) is 0. The summed E-state index contributed by atoms with van der Waals surface area (Å²) in [5, 5.41) is 6.41. The van der Waals surface area contributed by atoms with Crippen LogP contribution in [0.5, 0.6) is 0 Å². The van der Waals surface area contributed by atoms with Crippen molar-refractivity contribution in [1.29, 1.82) is 0 Å². The summed E-state index contributed by atoms with van der Waals surface area (Å²) in [5.74, 6) is -0.0800. The number of halogens is 1. The van der Waals surface area contributed by atoms with Crippen LogP contribution in [-0.4, -0.2) is 18.3 Å². The third-order valence-corrected chi connectivity index (χ3v) is 3.03. The molecule has 0 unspecified atom stereocenters. The summed E-state index contributed by atoms with van der Waals surface area (Å²) >= 11 is 3.33. The van der Waals surface area contributed by atoms with Gasteiger partial charge in [0.2, 0.25) is 0 Å². The van der Waals surface area contributed by atoms with Crippen LogP contribution in [0.15, 0.2) is 64.2 Å². The Kier molecular flexibility index (Phi) is 5.34. The number of nitrogens with one attached hydrogen (secondary N) is 1. The molecule has 2 rings (SSSR count). The first-order valence-corrected chi connectivity index (χ1v) is 7.01. The second-order valence-corrected chi connectivity index (χ2v) is 5.09. The fourth-order valence-corrected chi connectivity index (χ4v) is 1.98. The van der Waals surface area contributed by atoms with Gasteiger partial charge in [-0.3, -0.25) is 4.79 Å². The molecule has 0 bridgehead atoms. The van der Waals surface area contributed by atoms with Crippen LogP contribution in [0.1, 0.15) is 5.56 Å². The molecule has 0 saturated carbocycles. The molecule has 0 aromatic heterocycles. The number of carbonyl (C=O) groups excluding carboxylic acids is 1. The number of nitrogens with two attached hydrogens (primary N) is 1. The van der Waals surface area contributed by atoms with Gasteiger partial charge in [0, 0.05) is 15.7 Å². The summed E-state index contributed by atoms with van der Waals surface area (Å²) in [7, 11) is 0. The van der Waals surface area contributed by atoms with Gasteiger partial charge in [-0.25, -0.2) is 0 Å². The second-order valence-electron chi connectivity index (χ2n) is 4.17. The molecule has 0 aliphatic heterocycles. The van der Waals surface area contributed by atoms with Gasteiger partial charge in [0.1, 0.15) is 0 Å². The van der Waals surface area contributed by atoms with Crippen molar-refractivity contribution < 1.29 is 9.63 Å². The largest absolute Gasteiger partial charge is 0.384 e. The topological polar surface area (TPSA) is 76.7 Å². The molecule has 0 aliphatic rings. The standard InChI is InChI=1S/C15H14BrN3O2/c16-12-7-4-8-13(9-12)18-14(20)10-21-19-15(17)11-5-2-1-3-6-11/h1-9H,10H2,(H2,17,19)(H,18,20). The lowest BCUT2D eigenvalue weighted by Crippen LogP contribution is -2.19. The normalized spacial score (nSPS) is 11.0. The highest BCUT2D eigenvalue weighted by molar-refractivity contribution is 9.10. The number of amides is 1. The number of anilines is 1. The van der Waals surface area contributed by atoms with Crippen molar-refractivity contribution >= 4 is 33.4 Å². The van der Waals surface area contributed by atoms with Crippen molar-refractivity contribution in [3.63, 3.8) is 0 Å². The van der Waals surface area contributed by atoms with Crippen molar-refractivity contribution in [2.75, 3.05) is 11.9 Å². The van der Waals surface area contributed by atoms with Gasteiger partial charge in [0.15, 0.2) is 12.4 Å². The maximum atomic E-state index is 11.7. The minimum absolute atomic E-state index is 0.208. The van der Waals surface area contributed by atoms with Crippen LogP contribution >= 0.6 is 15.9 Å². The molecule has 0 atom stereocenters. The highest BCUT2D eigenvalue weighted by atomic mass is 79.9. The predicted molar refractivity (Wildman–Crippen MR) is 85.9 cm³/mol. The van der Waals surface area contributed by atoms with Crippen LogP contribution in [0.4, 0.5) is 5.69 Å². The minimum Gasteiger partial charge on any atom is -0.384 e. The van der Waals surface area contributed by atoms with Gasteiger partial charge in [-0.15, -0.1) is 0 Å². The van der Waals surface area contributed by atoms with Crippen LogP contribution in [0, 0.1) is 0 Å². The quantitative estimate of drug-likeness (QED) is 0.496. The Labute approximate surface area is 130 Å². The molecule has 0 spiro atoms. The summed E-state index contributed by atoms with van der Waals surface area (Å²) in [6, 6.07) is 16.5. The van der Waals surface area contributed by atoms with Crippen LogP contribution in [0.25, 0.3) is 0 Å². The van der Waals surface area contributed by atoms with Gasteiger partial charge in [-0.2, -0.15) is 0 Å². The monoisotopic (exact) mass is 347 g/mol. The summed E-state index contributed by atoms with van der Waals surface area (Å²) in [5.41, 5.74) is 7.16. The SMILES string of the molecule is N/C(=N/OCC(=O)Nc1cccc(Br)c1)c1ccccc1. The highest BCUT2D eigenvalue weighted by Gasteiger charge is 2.04. The van der Waals surface area contributed by atoms with Crippen molar-refractivity contribution in [1.82, 2.24) is 0 Å². The molecule has 0 fully saturated rings. The number of nitrogens with zero attached hydrogens (tertiary/aromatic N) is 1. The lowest BCUT2D eigenvalue weighted by atomic mass is 10.2. The van der Waals surface area contributed by atoms with Crippen LogP contribution in [-0.2, 0) is 9.63 Å². The molecule has 1 amide bonds. The Hall–Kier alpha value is -2.34.